The lowest BCUT2D eigenvalue weighted by Crippen LogP contribution is -2.49. The lowest BCUT2D eigenvalue weighted by atomic mass is 10.2. The Bertz CT molecular complexity index is 538. The Hall–Kier alpha value is -1.85. The second-order valence-electron chi connectivity index (χ2n) is 6.10. The molecule has 0 aromatic heterocycles. The molecule has 0 aliphatic carbocycles. The van der Waals surface area contributed by atoms with Crippen LogP contribution >= 0.6 is 0 Å². The molecule has 5 heteroatoms. The van der Waals surface area contributed by atoms with Crippen LogP contribution in [0.4, 0.5) is 0 Å². The topological polar surface area (TPSA) is 44.8 Å². The molecule has 1 N–H and O–H groups in total. The van der Waals surface area contributed by atoms with Gasteiger partial charge in [-0.1, -0.05) is 12.7 Å². The van der Waals surface area contributed by atoms with Crippen molar-refractivity contribution < 1.29 is 9.53 Å². The van der Waals surface area contributed by atoms with Gasteiger partial charge in [-0.3, -0.25) is 9.69 Å². The normalized spacial score (nSPS) is 22.1. The molecule has 2 fully saturated rings. The summed E-state index contributed by atoms with van der Waals surface area (Å²) in [7, 11) is 0. The predicted octanol–water partition coefficient (Wildman–Crippen LogP) is 1.37. The Morgan fingerprint density at radius 2 is 2.00 bits per heavy atom. The minimum Gasteiger partial charge on any atom is -0.490 e. The number of ether oxygens (including phenoxy) is 1. The quantitative estimate of drug-likeness (QED) is 0.834. The summed E-state index contributed by atoms with van der Waals surface area (Å²) in [4.78, 5) is 17.1. The summed E-state index contributed by atoms with van der Waals surface area (Å²) >= 11 is 0. The van der Waals surface area contributed by atoms with Crippen molar-refractivity contribution in [3.8, 4) is 5.75 Å². The molecule has 1 atom stereocenters. The van der Waals surface area contributed by atoms with E-state index in [9.17, 15) is 4.79 Å². The molecule has 3 rings (SSSR count). The zero-order valence-electron chi connectivity index (χ0n) is 13.5. The Labute approximate surface area is 137 Å². The summed E-state index contributed by atoms with van der Waals surface area (Å²) in [5, 5.41) is 3.38. The van der Waals surface area contributed by atoms with Gasteiger partial charge in [0.25, 0.3) is 5.91 Å². The van der Waals surface area contributed by atoms with Crippen LogP contribution in [0.2, 0.25) is 0 Å². The first-order valence-corrected chi connectivity index (χ1v) is 8.36. The van der Waals surface area contributed by atoms with E-state index in [1.165, 1.54) is 0 Å². The van der Waals surface area contributed by atoms with Crippen LogP contribution in [0.1, 0.15) is 16.8 Å². The molecule has 0 saturated carbocycles. The highest BCUT2D eigenvalue weighted by Crippen LogP contribution is 2.20. The molecule has 2 heterocycles. The van der Waals surface area contributed by atoms with E-state index in [1.54, 1.807) is 6.08 Å². The van der Waals surface area contributed by atoms with Gasteiger partial charge in [0.15, 0.2) is 0 Å². The van der Waals surface area contributed by atoms with Gasteiger partial charge in [0.05, 0.1) is 0 Å². The van der Waals surface area contributed by atoms with Crippen LogP contribution in [-0.4, -0.2) is 67.6 Å². The molecule has 0 spiro atoms. The van der Waals surface area contributed by atoms with E-state index < -0.39 is 0 Å². The van der Waals surface area contributed by atoms with E-state index in [2.05, 4.69) is 16.8 Å². The molecule has 1 aromatic rings. The molecule has 2 aliphatic rings. The maximum Gasteiger partial charge on any atom is 0.253 e. The fraction of sp³-hybridized carbons (Fsp3) is 0.500. The molecule has 124 valence electrons. The molecule has 0 radical (unpaired) electrons. The third-order valence-electron chi connectivity index (χ3n) is 4.59. The van der Waals surface area contributed by atoms with Crippen molar-refractivity contribution in [3.63, 3.8) is 0 Å². The number of carbonyl (C=O) groups is 1. The average molecular weight is 315 g/mol. The van der Waals surface area contributed by atoms with Crippen molar-refractivity contribution in [2.75, 3.05) is 45.9 Å². The first-order chi connectivity index (χ1) is 11.3. The van der Waals surface area contributed by atoms with Crippen LogP contribution in [0.25, 0.3) is 0 Å². The summed E-state index contributed by atoms with van der Waals surface area (Å²) < 4.78 is 5.46. The van der Waals surface area contributed by atoms with E-state index in [-0.39, 0.29) is 5.91 Å². The van der Waals surface area contributed by atoms with Gasteiger partial charge in [0.2, 0.25) is 0 Å². The number of piperazine rings is 1. The Morgan fingerprint density at radius 3 is 2.70 bits per heavy atom. The first-order valence-electron chi connectivity index (χ1n) is 8.36. The van der Waals surface area contributed by atoms with Gasteiger partial charge in [0, 0.05) is 50.9 Å². The molecule has 2 saturated heterocycles. The predicted molar refractivity (Wildman–Crippen MR) is 90.9 cm³/mol. The first kappa shape index (κ1) is 16.0. The summed E-state index contributed by atoms with van der Waals surface area (Å²) in [6, 6.07) is 7.90. The van der Waals surface area contributed by atoms with Gasteiger partial charge in [-0.2, -0.15) is 0 Å². The monoisotopic (exact) mass is 315 g/mol. The van der Waals surface area contributed by atoms with Crippen molar-refractivity contribution >= 4 is 5.91 Å². The lowest BCUT2D eigenvalue weighted by molar-refractivity contribution is 0.0773. The second-order valence-corrected chi connectivity index (χ2v) is 6.10. The minimum absolute atomic E-state index is 0.123. The number of benzene rings is 1. The largest absolute Gasteiger partial charge is 0.490 e. The fourth-order valence-electron chi connectivity index (χ4n) is 3.30. The SMILES string of the molecule is C=CCOc1ccc(C(=O)N2CCC(N3CCNCC3)C2)cc1. The van der Waals surface area contributed by atoms with Gasteiger partial charge in [-0.25, -0.2) is 0 Å². The van der Waals surface area contributed by atoms with E-state index in [4.69, 9.17) is 4.74 Å². The molecule has 23 heavy (non-hydrogen) atoms. The van der Waals surface area contributed by atoms with Crippen LogP contribution in [0.3, 0.4) is 0 Å². The van der Waals surface area contributed by atoms with Crippen molar-refractivity contribution in [2.24, 2.45) is 0 Å². The Kier molecular flexibility index (Phi) is 5.31. The zero-order valence-corrected chi connectivity index (χ0v) is 13.5. The number of carbonyl (C=O) groups excluding carboxylic acids is 1. The highest BCUT2D eigenvalue weighted by molar-refractivity contribution is 5.94. The number of hydrogen-bond acceptors (Lipinski definition) is 4. The van der Waals surface area contributed by atoms with E-state index >= 15 is 0 Å². The van der Waals surface area contributed by atoms with Crippen molar-refractivity contribution in [2.45, 2.75) is 12.5 Å². The summed E-state index contributed by atoms with van der Waals surface area (Å²) in [6.45, 7) is 10.1. The molecular formula is C18H25N3O2. The molecular weight excluding hydrogens is 290 g/mol. The van der Waals surface area contributed by atoms with E-state index in [1.807, 2.05) is 29.2 Å². The van der Waals surface area contributed by atoms with Gasteiger partial charge in [-0.05, 0) is 30.7 Å². The number of nitrogens with one attached hydrogen (secondary N) is 1. The standard InChI is InChI=1S/C18H25N3O2/c1-2-13-23-17-5-3-15(4-6-17)18(22)21-10-7-16(14-21)20-11-8-19-9-12-20/h2-6,16,19H,1,7-14H2. The number of hydrogen-bond donors (Lipinski definition) is 1. The van der Waals surface area contributed by atoms with Gasteiger partial charge >= 0.3 is 0 Å². The van der Waals surface area contributed by atoms with Crippen LogP contribution in [-0.2, 0) is 0 Å². The van der Waals surface area contributed by atoms with Crippen molar-refractivity contribution in [1.29, 1.82) is 0 Å². The van der Waals surface area contributed by atoms with Crippen LogP contribution in [0.5, 0.6) is 5.75 Å². The number of rotatable bonds is 5. The van der Waals surface area contributed by atoms with Crippen molar-refractivity contribution in [1.82, 2.24) is 15.1 Å². The lowest BCUT2D eigenvalue weighted by Gasteiger charge is -2.32. The molecule has 1 unspecified atom stereocenters. The van der Waals surface area contributed by atoms with E-state index in [0.29, 0.717) is 12.6 Å². The zero-order chi connectivity index (χ0) is 16.1. The third-order valence-corrected chi connectivity index (χ3v) is 4.59. The molecule has 1 amide bonds. The number of nitrogens with zero attached hydrogens (tertiary/aromatic N) is 2. The van der Waals surface area contributed by atoms with Crippen LogP contribution in [0, 0.1) is 0 Å². The van der Waals surface area contributed by atoms with Crippen LogP contribution in [0.15, 0.2) is 36.9 Å². The van der Waals surface area contributed by atoms with Gasteiger partial charge < -0.3 is 15.0 Å². The fourth-order valence-corrected chi connectivity index (χ4v) is 3.30. The Balaban J connectivity index is 1.56. The summed E-state index contributed by atoms with van der Waals surface area (Å²) in [5.41, 5.74) is 0.733. The van der Waals surface area contributed by atoms with Crippen LogP contribution < -0.4 is 10.1 Å². The summed E-state index contributed by atoms with van der Waals surface area (Å²) in [5.74, 6) is 0.888. The second kappa shape index (κ2) is 7.62. The van der Waals surface area contributed by atoms with Gasteiger partial charge in [-0.15, -0.1) is 0 Å². The maximum atomic E-state index is 12.6. The highest BCUT2D eigenvalue weighted by Gasteiger charge is 2.31. The Morgan fingerprint density at radius 1 is 1.26 bits per heavy atom. The van der Waals surface area contributed by atoms with E-state index in [0.717, 1.165) is 57.0 Å². The van der Waals surface area contributed by atoms with Crippen molar-refractivity contribution in [3.05, 3.63) is 42.5 Å². The summed E-state index contributed by atoms with van der Waals surface area (Å²) in [6.07, 6.45) is 2.78. The smallest absolute Gasteiger partial charge is 0.253 e. The average Bonchev–Trinajstić information content (AvgIpc) is 3.11. The van der Waals surface area contributed by atoms with Gasteiger partial charge in [0.1, 0.15) is 12.4 Å². The minimum atomic E-state index is 0.123. The number of amides is 1. The number of likely N-dealkylation sites (tertiary alicyclic amines) is 1. The molecule has 5 nitrogen and oxygen atoms in total. The molecule has 2 aliphatic heterocycles. The highest BCUT2D eigenvalue weighted by atomic mass is 16.5. The molecule has 1 aromatic carbocycles. The third kappa shape index (κ3) is 3.92. The maximum absolute atomic E-state index is 12.6. The molecule has 0 bridgehead atoms.